The van der Waals surface area contributed by atoms with Gasteiger partial charge in [-0.05, 0) is 37.5 Å². The topological polar surface area (TPSA) is 71.3 Å². The summed E-state index contributed by atoms with van der Waals surface area (Å²) < 4.78 is 1.96. The minimum Gasteiger partial charge on any atom is -0.341 e. The van der Waals surface area contributed by atoms with Crippen LogP contribution in [-0.4, -0.2) is 55.5 Å². The number of fused-ring (bicyclic) bond motifs is 1. The van der Waals surface area contributed by atoms with E-state index in [1.807, 2.05) is 33.5 Å². The molecule has 7 heteroatoms. The Bertz CT molecular complexity index is 831. The van der Waals surface area contributed by atoms with Crippen LogP contribution in [0.25, 0.3) is 0 Å². The van der Waals surface area contributed by atoms with Gasteiger partial charge in [-0.25, -0.2) is 0 Å². The lowest BCUT2D eigenvalue weighted by Gasteiger charge is -2.32. The summed E-state index contributed by atoms with van der Waals surface area (Å²) in [4.78, 5) is 33.3. The molecule has 0 spiro atoms. The molecule has 2 aliphatic rings. The van der Waals surface area contributed by atoms with Crippen molar-refractivity contribution < 1.29 is 9.59 Å². The van der Waals surface area contributed by atoms with Gasteiger partial charge in [0.15, 0.2) is 0 Å². The molecule has 7 nitrogen and oxygen atoms in total. The normalized spacial score (nSPS) is 20.2. The molecule has 1 fully saturated rings. The molecule has 0 saturated carbocycles. The van der Waals surface area contributed by atoms with Crippen molar-refractivity contribution in [2.75, 3.05) is 13.1 Å². The van der Waals surface area contributed by atoms with Crippen LogP contribution < -0.4 is 0 Å². The summed E-state index contributed by atoms with van der Waals surface area (Å²) in [5.41, 5.74) is 2.58. The zero-order chi connectivity index (χ0) is 18.1. The maximum atomic E-state index is 13.3. The highest BCUT2D eigenvalue weighted by Crippen LogP contribution is 2.22. The first-order valence-corrected chi connectivity index (χ1v) is 9.13. The summed E-state index contributed by atoms with van der Waals surface area (Å²) in [6, 6.07) is 3.81. The third-order valence-electron chi connectivity index (χ3n) is 5.24. The Balaban J connectivity index is 1.63. The highest BCUT2D eigenvalue weighted by Gasteiger charge is 2.32. The monoisotopic (exact) mass is 353 g/mol. The second-order valence-corrected chi connectivity index (χ2v) is 7.12. The number of pyridine rings is 1. The molecule has 136 valence electrons. The smallest absolute Gasteiger partial charge is 0.256 e. The minimum atomic E-state index is -0.0347. The lowest BCUT2D eigenvalue weighted by molar-refractivity contribution is -0.128. The Morgan fingerprint density at radius 3 is 2.96 bits per heavy atom. The third-order valence-corrected chi connectivity index (χ3v) is 5.24. The first kappa shape index (κ1) is 16.8. The Hall–Kier alpha value is -2.70. The van der Waals surface area contributed by atoms with Crippen LogP contribution in [-0.2, 0) is 17.9 Å². The quantitative estimate of drug-likeness (QED) is 0.841. The molecule has 1 saturated heterocycles. The van der Waals surface area contributed by atoms with Crippen molar-refractivity contribution in [1.29, 1.82) is 0 Å². The third kappa shape index (κ3) is 3.21. The summed E-state index contributed by atoms with van der Waals surface area (Å²) >= 11 is 0. The van der Waals surface area contributed by atoms with Gasteiger partial charge in [0, 0.05) is 44.6 Å². The van der Waals surface area contributed by atoms with Gasteiger partial charge in [0.1, 0.15) is 0 Å². The molecule has 0 bridgehead atoms. The zero-order valence-corrected chi connectivity index (χ0v) is 15.0. The average molecular weight is 353 g/mol. The largest absolute Gasteiger partial charge is 0.341 e. The van der Waals surface area contributed by atoms with E-state index >= 15 is 0 Å². The summed E-state index contributed by atoms with van der Waals surface area (Å²) in [6.45, 7) is 4.56. The Labute approximate surface area is 152 Å². The predicted octanol–water partition coefficient (Wildman–Crippen LogP) is 1.62. The lowest BCUT2D eigenvalue weighted by Crippen LogP contribution is -2.46. The number of hydrogen-bond acceptors (Lipinski definition) is 4. The average Bonchev–Trinajstić information content (AvgIpc) is 3.21. The van der Waals surface area contributed by atoms with Crippen LogP contribution in [0.1, 0.15) is 40.9 Å². The standard InChI is InChI=1S/C19H23N5O2/c1-14-9-15(11-20-10-14)19(26)23-13-17-4-6-21-24(17)8-5-16(23)12-22-7-2-3-18(22)25/h4,6,9-11,16H,2-3,5,7-8,12-13H2,1H3/t16-/m0/s1. The molecule has 2 aromatic rings. The van der Waals surface area contributed by atoms with Crippen LogP contribution in [0.3, 0.4) is 0 Å². The minimum absolute atomic E-state index is 0.0215. The number of nitrogens with zero attached hydrogens (tertiary/aromatic N) is 5. The molecule has 0 N–H and O–H groups in total. The van der Waals surface area contributed by atoms with Crippen molar-refractivity contribution in [3.8, 4) is 0 Å². The van der Waals surface area contributed by atoms with Gasteiger partial charge in [0.2, 0.25) is 5.91 Å². The molecular weight excluding hydrogens is 330 g/mol. The molecule has 0 unspecified atom stereocenters. The van der Waals surface area contributed by atoms with Crippen LogP contribution in [0.15, 0.2) is 30.7 Å². The molecule has 26 heavy (non-hydrogen) atoms. The van der Waals surface area contributed by atoms with Crippen LogP contribution >= 0.6 is 0 Å². The number of aryl methyl sites for hydroxylation is 2. The molecule has 2 aliphatic heterocycles. The highest BCUT2D eigenvalue weighted by atomic mass is 16.2. The van der Waals surface area contributed by atoms with E-state index in [0.29, 0.717) is 25.1 Å². The van der Waals surface area contributed by atoms with Crippen LogP contribution in [0.2, 0.25) is 0 Å². The van der Waals surface area contributed by atoms with Gasteiger partial charge in [0.05, 0.1) is 23.8 Å². The fourth-order valence-electron chi connectivity index (χ4n) is 3.84. The maximum Gasteiger partial charge on any atom is 0.256 e. The molecule has 4 rings (SSSR count). The number of hydrogen-bond donors (Lipinski definition) is 0. The molecule has 2 aromatic heterocycles. The van der Waals surface area contributed by atoms with Crippen molar-refractivity contribution in [3.05, 3.63) is 47.5 Å². The molecule has 1 atom stereocenters. The highest BCUT2D eigenvalue weighted by molar-refractivity contribution is 5.94. The summed E-state index contributed by atoms with van der Waals surface area (Å²) in [5, 5.41) is 4.36. The molecule has 4 heterocycles. The summed E-state index contributed by atoms with van der Waals surface area (Å²) in [6.07, 6.45) is 7.44. The first-order chi connectivity index (χ1) is 12.6. The fourth-order valence-corrected chi connectivity index (χ4v) is 3.84. The van der Waals surface area contributed by atoms with E-state index in [0.717, 1.165) is 37.2 Å². The van der Waals surface area contributed by atoms with Gasteiger partial charge in [-0.15, -0.1) is 0 Å². The van der Waals surface area contributed by atoms with Crippen molar-refractivity contribution in [2.24, 2.45) is 0 Å². The maximum absolute atomic E-state index is 13.3. The van der Waals surface area contributed by atoms with E-state index in [9.17, 15) is 9.59 Å². The second kappa shape index (κ2) is 6.90. The number of likely N-dealkylation sites (tertiary alicyclic amines) is 1. The number of amides is 2. The number of carbonyl (C=O) groups is 2. The summed E-state index contributed by atoms with van der Waals surface area (Å²) in [5.74, 6) is 0.157. The Morgan fingerprint density at radius 1 is 1.31 bits per heavy atom. The SMILES string of the molecule is Cc1cncc(C(=O)N2Cc3ccnn3CC[C@H]2CN2CCCC2=O)c1. The van der Waals surface area contributed by atoms with E-state index < -0.39 is 0 Å². The second-order valence-electron chi connectivity index (χ2n) is 7.12. The van der Waals surface area contributed by atoms with E-state index in [2.05, 4.69) is 10.1 Å². The molecule has 0 aromatic carbocycles. The molecule has 2 amide bonds. The van der Waals surface area contributed by atoms with Gasteiger partial charge in [-0.3, -0.25) is 19.3 Å². The molecular formula is C19H23N5O2. The van der Waals surface area contributed by atoms with Gasteiger partial charge in [-0.2, -0.15) is 5.10 Å². The van der Waals surface area contributed by atoms with Crippen LogP contribution in [0, 0.1) is 6.92 Å². The van der Waals surface area contributed by atoms with Gasteiger partial charge < -0.3 is 9.80 Å². The van der Waals surface area contributed by atoms with Gasteiger partial charge >= 0.3 is 0 Å². The van der Waals surface area contributed by atoms with Crippen molar-refractivity contribution >= 4 is 11.8 Å². The lowest BCUT2D eigenvalue weighted by atomic mass is 10.1. The van der Waals surface area contributed by atoms with E-state index in [-0.39, 0.29) is 17.9 Å². The van der Waals surface area contributed by atoms with Crippen LogP contribution in [0.4, 0.5) is 0 Å². The van der Waals surface area contributed by atoms with Crippen LogP contribution in [0.5, 0.6) is 0 Å². The fraction of sp³-hybridized carbons (Fsp3) is 0.474. The van der Waals surface area contributed by atoms with E-state index in [4.69, 9.17) is 0 Å². The number of carbonyl (C=O) groups excluding carboxylic acids is 2. The van der Waals surface area contributed by atoms with Crippen molar-refractivity contribution in [3.63, 3.8) is 0 Å². The van der Waals surface area contributed by atoms with E-state index in [1.54, 1.807) is 18.6 Å². The van der Waals surface area contributed by atoms with E-state index in [1.165, 1.54) is 0 Å². The molecule has 0 radical (unpaired) electrons. The van der Waals surface area contributed by atoms with Gasteiger partial charge in [0.25, 0.3) is 5.91 Å². The van der Waals surface area contributed by atoms with Gasteiger partial charge in [-0.1, -0.05) is 0 Å². The Kier molecular flexibility index (Phi) is 4.44. The molecule has 0 aliphatic carbocycles. The Morgan fingerprint density at radius 2 is 2.19 bits per heavy atom. The van der Waals surface area contributed by atoms with Crippen molar-refractivity contribution in [2.45, 2.75) is 45.3 Å². The number of aromatic nitrogens is 3. The summed E-state index contributed by atoms with van der Waals surface area (Å²) in [7, 11) is 0. The predicted molar refractivity (Wildman–Crippen MR) is 95.3 cm³/mol. The van der Waals surface area contributed by atoms with Crippen molar-refractivity contribution in [1.82, 2.24) is 24.6 Å². The first-order valence-electron chi connectivity index (χ1n) is 9.13. The number of rotatable bonds is 3. The zero-order valence-electron chi connectivity index (χ0n) is 15.0.